The standard InChI is InChI=1S/C5H5N2O2/c8-4-6-3-5-7-1-2-9-5/h1-2H,3H2,(H,6,8). The second-order valence-corrected chi connectivity index (χ2v) is 1.38. The van der Waals surface area contributed by atoms with Gasteiger partial charge in [0.1, 0.15) is 6.26 Å². The smallest absolute Gasteiger partial charge is 0.309 e. The number of hydrogen-bond acceptors (Lipinski definition) is 3. The molecule has 1 N–H and O–H groups in total. The average Bonchev–Trinajstić information content (AvgIpc) is 2.34. The number of hydrogen-bond donors (Lipinski definition) is 1. The summed E-state index contributed by atoms with van der Waals surface area (Å²) >= 11 is 0. The first-order valence-electron chi connectivity index (χ1n) is 2.42. The van der Waals surface area contributed by atoms with Crippen LogP contribution in [0.4, 0.5) is 0 Å². The van der Waals surface area contributed by atoms with Gasteiger partial charge in [-0.15, -0.1) is 0 Å². The average molecular weight is 125 g/mol. The van der Waals surface area contributed by atoms with Gasteiger partial charge in [0, 0.05) is 0 Å². The minimum absolute atomic E-state index is 0.302. The highest BCUT2D eigenvalue weighted by atomic mass is 16.3. The van der Waals surface area contributed by atoms with Crippen molar-refractivity contribution in [3.8, 4) is 0 Å². The summed E-state index contributed by atoms with van der Waals surface area (Å²) in [5, 5.41) is 2.29. The van der Waals surface area contributed by atoms with Crippen molar-refractivity contribution in [3.63, 3.8) is 0 Å². The van der Waals surface area contributed by atoms with Crippen LogP contribution in [0.1, 0.15) is 5.89 Å². The number of rotatable bonds is 3. The maximum Gasteiger partial charge on any atom is 0.309 e. The van der Waals surface area contributed by atoms with Gasteiger partial charge in [-0.2, -0.15) is 0 Å². The number of nitrogens with zero attached hydrogens (tertiary/aromatic N) is 1. The molecule has 0 bridgehead atoms. The predicted molar refractivity (Wildman–Crippen MR) is 29.0 cm³/mol. The van der Waals surface area contributed by atoms with E-state index in [2.05, 4.69) is 10.3 Å². The van der Waals surface area contributed by atoms with E-state index in [1.807, 2.05) is 0 Å². The van der Waals surface area contributed by atoms with Crippen molar-refractivity contribution in [1.29, 1.82) is 0 Å². The van der Waals surface area contributed by atoms with E-state index in [0.717, 1.165) is 0 Å². The number of amides is 1. The van der Waals surface area contributed by atoms with E-state index in [-0.39, 0.29) is 0 Å². The van der Waals surface area contributed by atoms with Crippen LogP contribution in [-0.2, 0) is 11.3 Å². The van der Waals surface area contributed by atoms with Crippen LogP contribution >= 0.6 is 0 Å². The Morgan fingerprint density at radius 2 is 2.78 bits per heavy atom. The number of nitrogens with one attached hydrogen (secondary N) is 1. The summed E-state index contributed by atoms with van der Waals surface area (Å²) in [6, 6.07) is 0. The predicted octanol–water partition coefficient (Wildman–Crippen LogP) is -0.169. The van der Waals surface area contributed by atoms with Crippen molar-refractivity contribution >= 4 is 6.41 Å². The van der Waals surface area contributed by atoms with Crippen molar-refractivity contribution in [2.24, 2.45) is 0 Å². The fraction of sp³-hybridized carbons (Fsp3) is 0.200. The van der Waals surface area contributed by atoms with Gasteiger partial charge in [-0.05, 0) is 0 Å². The fourth-order valence-electron chi connectivity index (χ4n) is 0.452. The van der Waals surface area contributed by atoms with Crippen LogP contribution < -0.4 is 5.32 Å². The molecule has 4 heteroatoms. The molecule has 0 unspecified atom stereocenters. The molecule has 47 valence electrons. The molecule has 0 aliphatic heterocycles. The molecular weight excluding hydrogens is 120 g/mol. The zero-order valence-corrected chi connectivity index (χ0v) is 4.63. The van der Waals surface area contributed by atoms with Crippen LogP contribution in [0.25, 0.3) is 0 Å². The highest BCUT2D eigenvalue weighted by Gasteiger charge is 1.92. The van der Waals surface area contributed by atoms with E-state index in [9.17, 15) is 4.79 Å². The van der Waals surface area contributed by atoms with Gasteiger partial charge in [-0.1, -0.05) is 0 Å². The van der Waals surface area contributed by atoms with Gasteiger partial charge in [0.2, 0.25) is 5.89 Å². The quantitative estimate of drug-likeness (QED) is 0.570. The maximum atomic E-state index is 9.59. The first-order valence-corrected chi connectivity index (χ1v) is 2.42. The molecule has 1 rings (SSSR count). The van der Waals surface area contributed by atoms with Gasteiger partial charge < -0.3 is 9.73 Å². The number of oxazole rings is 1. The van der Waals surface area contributed by atoms with Gasteiger partial charge in [0.05, 0.1) is 12.7 Å². The van der Waals surface area contributed by atoms with Crippen molar-refractivity contribution in [3.05, 3.63) is 18.4 Å². The van der Waals surface area contributed by atoms with Gasteiger partial charge in [0.25, 0.3) is 0 Å². The lowest BCUT2D eigenvalue weighted by atomic mass is 10.6. The zero-order chi connectivity index (χ0) is 6.53. The molecule has 0 saturated carbocycles. The summed E-state index contributed by atoms with van der Waals surface area (Å²) in [7, 11) is 0. The molecule has 1 aromatic heterocycles. The Morgan fingerprint density at radius 1 is 1.89 bits per heavy atom. The second-order valence-electron chi connectivity index (χ2n) is 1.38. The third-order valence-corrected chi connectivity index (χ3v) is 0.795. The van der Waals surface area contributed by atoms with Crippen LogP contribution in [0.2, 0.25) is 0 Å². The normalized spacial score (nSPS) is 8.89. The molecule has 0 spiro atoms. The topological polar surface area (TPSA) is 55.1 Å². The van der Waals surface area contributed by atoms with Crippen LogP contribution in [0, 0.1) is 0 Å². The van der Waals surface area contributed by atoms with E-state index < -0.39 is 0 Å². The summed E-state index contributed by atoms with van der Waals surface area (Å²) in [5.41, 5.74) is 0. The third kappa shape index (κ3) is 1.56. The molecule has 0 saturated heterocycles. The lowest BCUT2D eigenvalue weighted by Crippen LogP contribution is -2.09. The summed E-state index contributed by atoms with van der Waals surface area (Å²) in [4.78, 5) is 13.3. The van der Waals surface area contributed by atoms with E-state index in [1.165, 1.54) is 18.9 Å². The van der Waals surface area contributed by atoms with E-state index in [4.69, 9.17) is 4.42 Å². The molecule has 0 atom stereocenters. The SMILES string of the molecule is O=[C]NCc1ncco1. The molecule has 1 heterocycles. The van der Waals surface area contributed by atoms with Crippen molar-refractivity contribution < 1.29 is 9.21 Å². The molecule has 1 aromatic rings. The molecular formula is C5H5N2O2. The number of aromatic nitrogens is 1. The first kappa shape index (κ1) is 5.81. The summed E-state index contributed by atoms with van der Waals surface area (Å²) in [6.45, 7) is 0.302. The van der Waals surface area contributed by atoms with E-state index in [1.54, 1.807) is 0 Å². The van der Waals surface area contributed by atoms with Gasteiger partial charge in [-0.3, -0.25) is 4.79 Å². The second kappa shape index (κ2) is 2.86. The zero-order valence-electron chi connectivity index (χ0n) is 4.63. The van der Waals surface area contributed by atoms with Crippen LogP contribution in [0.5, 0.6) is 0 Å². The van der Waals surface area contributed by atoms with Gasteiger partial charge in [-0.25, -0.2) is 4.98 Å². The van der Waals surface area contributed by atoms with Gasteiger partial charge in [0.15, 0.2) is 0 Å². The molecule has 0 fully saturated rings. The van der Waals surface area contributed by atoms with Crippen LogP contribution in [0.3, 0.4) is 0 Å². The lowest BCUT2D eigenvalue weighted by Gasteiger charge is -1.87. The molecule has 0 aromatic carbocycles. The minimum Gasteiger partial charge on any atom is -0.447 e. The first-order chi connectivity index (χ1) is 4.43. The molecule has 0 aliphatic carbocycles. The minimum atomic E-state index is 0.302. The highest BCUT2D eigenvalue weighted by Crippen LogP contribution is 1.90. The molecule has 4 nitrogen and oxygen atoms in total. The fourth-order valence-corrected chi connectivity index (χ4v) is 0.452. The van der Waals surface area contributed by atoms with Crippen molar-refractivity contribution in [1.82, 2.24) is 10.3 Å². The highest BCUT2D eigenvalue weighted by molar-refractivity contribution is 5.46. The van der Waals surface area contributed by atoms with Crippen LogP contribution in [0.15, 0.2) is 16.9 Å². The Labute approximate surface area is 51.9 Å². The Morgan fingerprint density at radius 3 is 3.33 bits per heavy atom. The molecule has 9 heavy (non-hydrogen) atoms. The summed E-state index contributed by atoms with van der Waals surface area (Å²) < 4.78 is 4.78. The van der Waals surface area contributed by atoms with E-state index in [0.29, 0.717) is 12.4 Å². The van der Waals surface area contributed by atoms with Crippen molar-refractivity contribution in [2.75, 3.05) is 0 Å². The number of carbonyl (C=O) groups excluding carboxylic acids is 1. The summed E-state index contributed by atoms with van der Waals surface area (Å²) in [5.74, 6) is 0.485. The molecule has 1 amide bonds. The Bertz CT molecular complexity index is 171. The lowest BCUT2D eigenvalue weighted by molar-refractivity contribution is 0.478. The summed E-state index contributed by atoms with van der Waals surface area (Å²) in [6.07, 6.45) is 4.47. The largest absolute Gasteiger partial charge is 0.447 e. The van der Waals surface area contributed by atoms with E-state index >= 15 is 0 Å². The van der Waals surface area contributed by atoms with Crippen LogP contribution in [-0.4, -0.2) is 11.4 Å². The third-order valence-electron chi connectivity index (χ3n) is 0.795. The Hall–Kier alpha value is -1.32. The molecule has 0 aliphatic rings. The van der Waals surface area contributed by atoms with Crippen molar-refractivity contribution in [2.45, 2.75) is 6.54 Å². The Balaban J connectivity index is 2.38. The Kier molecular flexibility index (Phi) is 1.85. The monoisotopic (exact) mass is 125 g/mol. The van der Waals surface area contributed by atoms with Gasteiger partial charge >= 0.3 is 6.41 Å². The molecule has 1 radical (unpaired) electrons. The maximum absolute atomic E-state index is 9.59.